The van der Waals surface area contributed by atoms with Crippen LogP contribution in [0.25, 0.3) is 0 Å². The maximum atomic E-state index is 5.23. The van der Waals surface area contributed by atoms with Crippen molar-refractivity contribution in [2.45, 2.75) is 25.8 Å². The van der Waals surface area contributed by atoms with E-state index in [-0.39, 0.29) is 12.4 Å². The van der Waals surface area contributed by atoms with E-state index in [1.54, 1.807) is 21.3 Å². The molecule has 0 rings (SSSR count). The van der Waals surface area contributed by atoms with Crippen LogP contribution in [0, 0.1) is 0 Å². The fourth-order valence-electron chi connectivity index (χ4n) is 0.949. The predicted octanol–water partition coefficient (Wildman–Crippen LogP) is 2.09. The number of rotatable bonds is 6. The molecular formula is C7H19ClO3Si. The van der Waals surface area contributed by atoms with Gasteiger partial charge >= 0.3 is 8.80 Å². The summed E-state index contributed by atoms with van der Waals surface area (Å²) in [5.74, 6) is 0. The van der Waals surface area contributed by atoms with Gasteiger partial charge in [-0.25, -0.2) is 0 Å². The standard InChI is InChI=1S/C7H18O3Si.ClH/c1-5-6-7-11(8-2,9-3)10-4;/h5-7H2,1-4H3;1H. The molecule has 0 saturated heterocycles. The van der Waals surface area contributed by atoms with Crippen molar-refractivity contribution in [2.24, 2.45) is 0 Å². The highest BCUT2D eigenvalue weighted by atomic mass is 35.5. The summed E-state index contributed by atoms with van der Waals surface area (Å²) in [7, 11) is 2.70. The molecule has 0 aromatic heterocycles. The van der Waals surface area contributed by atoms with Gasteiger partial charge in [-0.15, -0.1) is 12.4 Å². The Morgan fingerprint density at radius 2 is 1.42 bits per heavy atom. The summed E-state index contributed by atoms with van der Waals surface area (Å²) in [6.07, 6.45) is 2.24. The number of halogens is 1. The summed E-state index contributed by atoms with van der Waals surface area (Å²) in [6, 6.07) is 0.910. The summed E-state index contributed by atoms with van der Waals surface area (Å²) in [5, 5.41) is 0. The largest absolute Gasteiger partial charge is 0.500 e. The van der Waals surface area contributed by atoms with Gasteiger partial charge in [-0.3, -0.25) is 0 Å². The van der Waals surface area contributed by atoms with Crippen molar-refractivity contribution in [2.75, 3.05) is 21.3 Å². The topological polar surface area (TPSA) is 27.7 Å². The average molecular weight is 215 g/mol. The minimum absolute atomic E-state index is 0. The van der Waals surface area contributed by atoms with Crippen molar-refractivity contribution in [3.8, 4) is 0 Å². The van der Waals surface area contributed by atoms with Crippen LogP contribution in [0.1, 0.15) is 19.8 Å². The number of hydrogen-bond acceptors (Lipinski definition) is 3. The Morgan fingerprint density at radius 3 is 1.67 bits per heavy atom. The quantitative estimate of drug-likeness (QED) is 0.634. The lowest BCUT2D eigenvalue weighted by Gasteiger charge is -2.23. The predicted molar refractivity (Wildman–Crippen MR) is 53.7 cm³/mol. The lowest BCUT2D eigenvalue weighted by molar-refractivity contribution is 0.123. The van der Waals surface area contributed by atoms with E-state index in [2.05, 4.69) is 6.92 Å². The lowest BCUT2D eigenvalue weighted by atomic mass is 10.4. The van der Waals surface area contributed by atoms with E-state index >= 15 is 0 Å². The molecule has 0 aliphatic heterocycles. The minimum Gasteiger partial charge on any atom is -0.377 e. The first-order valence-corrected chi connectivity index (χ1v) is 5.83. The van der Waals surface area contributed by atoms with Gasteiger partial charge in [0.25, 0.3) is 0 Å². The summed E-state index contributed by atoms with van der Waals surface area (Å²) in [5.41, 5.74) is 0. The fraction of sp³-hybridized carbons (Fsp3) is 1.00. The Kier molecular flexibility index (Phi) is 9.93. The van der Waals surface area contributed by atoms with Gasteiger partial charge in [0, 0.05) is 27.4 Å². The number of hydrogen-bond donors (Lipinski definition) is 0. The zero-order valence-electron chi connectivity index (χ0n) is 8.25. The molecule has 0 heterocycles. The van der Waals surface area contributed by atoms with Crippen molar-refractivity contribution in [3.63, 3.8) is 0 Å². The summed E-state index contributed by atoms with van der Waals surface area (Å²) in [6.45, 7) is 2.14. The minimum atomic E-state index is -2.24. The molecule has 0 aromatic carbocycles. The first-order valence-electron chi connectivity index (χ1n) is 3.90. The zero-order valence-corrected chi connectivity index (χ0v) is 10.1. The Bertz CT molecular complexity index is 90.4. The van der Waals surface area contributed by atoms with E-state index in [1.807, 2.05) is 0 Å². The molecule has 0 radical (unpaired) electrons. The molecule has 0 bridgehead atoms. The molecule has 0 amide bonds. The number of unbranched alkanes of at least 4 members (excludes halogenated alkanes) is 1. The van der Waals surface area contributed by atoms with E-state index in [9.17, 15) is 0 Å². The van der Waals surface area contributed by atoms with Crippen LogP contribution >= 0.6 is 12.4 Å². The van der Waals surface area contributed by atoms with E-state index in [0.29, 0.717) is 0 Å². The maximum Gasteiger partial charge on any atom is 0.500 e. The van der Waals surface area contributed by atoms with Gasteiger partial charge in [0.05, 0.1) is 0 Å². The smallest absolute Gasteiger partial charge is 0.377 e. The molecule has 0 saturated carbocycles. The van der Waals surface area contributed by atoms with Gasteiger partial charge in [-0.1, -0.05) is 13.3 Å². The van der Waals surface area contributed by atoms with Gasteiger partial charge in [0.1, 0.15) is 0 Å². The molecule has 0 atom stereocenters. The molecular weight excluding hydrogens is 196 g/mol. The molecule has 12 heavy (non-hydrogen) atoms. The summed E-state index contributed by atoms with van der Waals surface area (Å²) in [4.78, 5) is 0. The SMILES string of the molecule is CCCC[Si](OC)(OC)OC.Cl. The van der Waals surface area contributed by atoms with Crippen LogP contribution in [0.5, 0.6) is 0 Å². The molecule has 0 aliphatic carbocycles. The molecule has 5 heteroatoms. The van der Waals surface area contributed by atoms with Gasteiger partial charge in [-0.05, 0) is 6.42 Å². The van der Waals surface area contributed by atoms with Crippen molar-refractivity contribution in [1.82, 2.24) is 0 Å². The van der Waals surface area contributed by atoms with Crippen LogP contribution in [0.2, 0.25) is 6.04 Å². The molecule has 3 nitrogen and oxygen atoms in total. The molecule has 0 fully saturated rings. The average Bonchev–Trinajstić information content (AvgIpc) is 2.08. The highest BCUT2D eigenvalue weighted by Gasteiger charge is 2.36. The first-order chi connectivity index (χ1) is 5.24. The molecule has 0 unspecified atom stereocenters. The Morgan fingerprint density at radius 1 is 1.00 bits per heavy atom. The summed E-state index contributed by atoms with van der Waals surface area (Å²) < 4.78 is 15.7. The highest BCUT2D eigenvalue weighted by Crippen LogP contribution is 2.15. The van der Waals surface area contributed by atoms with Crippen LogP contribution in [0.4, 0.5) is 0 Å². The van der Waals surface area contributed by atoms with E-state index in [0.717, 1.165) is 18.9 Å². The first kappa shape index (κ1) is 14.9. The van der Waals surface area contributed by atoms with E-state index < -0.39 is 8.80 Å². The second-order valence-corrected chi connectivity index (χ2v) is 5.49. The lowest BCUT2D eigenvalue weighted by Crippen LogP contribution is -2.42. The zero-order chi connectivity index (χ0) is 8.74. The second-order valence-electron chi connectivity index (χ2n) is 2.40. The van der Waals surface area contributed by atoms with Gasteiger partial charge in [-0.2, -0.15) is 0 Å². The van der Waals surface area contributed by atoms with Crippen LogP contribution in [-0.2, 0) is 13.3 Å². The second kappa shape index (κ2) is 8.01. The monoisotopic (exact) mass is 214 g/mol. The highest BCUT2D eigenvalue weighted by molar-refractivity contribution is 6.60. The third-order valence-corrected chi connectivity index (χ3v) is 4.60. The maximum absolute atomic E-state index is 5.23. The Balaban J connectivity index is 0. The van der Waals surface area contributed by atoms with Crippen LogP contribution in [0.15, 0.2) is 0 Å². The van der Waals surface area contributed by atoms with Crippen LogP contribution < -0.4 is 0 Å². The third-order valence-electron chi connectivity index (χ3n) is 1.77. The fourth-order valence-corrected chi connectivity index (χ4v) is 2.85. The van der Waals surface area contributed by atoms with E-state index in [4.69, 9.17) is 13.3 Å². The van der Waals surface area contributed by atoms with Crippen molar-refractivity contribution < 1.29 is 13.3 Å². The Labute approximate surface area is 82.2 Å². The van der Waals surface area contributed by atoms with Crippen molar-refractivity contribution in [3.05, 3.63) is 0 Å². The van der Waals surface area contributed by atoms with Gasteiger partial charge in [0.2, 0.25) is 0 Å². The molecule has 0 spiro atoms. The van der Waals surface area contributed by atoms with Gasteiger partial charge < -0.3 is 13.3 Å². The Hall–Kier alpha value is 0.387. The third kappa shape index (κ3) is 4.42. The van der Waals surface area contributed by atoms with Crippen molar-refractivity contribution >= 4 is 21.2 Å². The van der Waals surface area contributed by atoms with Gasteiger partial charge in [0.15, 0.2) is 0 Å². The molecule has 76 valence electrons. The summed E-state index contributed by atoms with van der Waals surface area (Å²) >= 11 is 0. The van der Waals surface area contributed by atoms with Crippen LogP contribution in [0.3, 0.4) is 0 Å². The van der Waals surface area contributed by atoms with Crippen molar-refractivity contribution in [1.29, 1.82) is 0 Å². The molecule has 0 aliphatic rings. The normalized spacial score (nSPS) is 11.0. The molecule has 0 aromatic rings. The van der Waals surface area contributed by atoms with E-state index in [1.165, 1.54) is 0 Å². The molecule has 0 N–H and O–H groups in total. The van der Waals surface area contributed by atoms with Crippen LogP contribution in [-0.4, -0.2) is 30.1 Å².